The molecule has 1 amide bonds. The molecule has 2 rings (SSSR count). The molecule has 1 aliphatic heterocycles. The van der Waals surface area contributed by atoms with E-state index in [2.05, 4.69) is 43.4 Å². The van der Waals surface area contributed by atoms with Gasteiger partial charge in [0.15, 0.2) is 0 Å². The van der Waals surface area contributed by atoms with E-state index in [1.807, 2.05) is 11.9 Å². The zero-order chi connectivity index (χ0) is 14.5. The van der Waals surface area contributed by atoms with Crippen molar-refractivity contribution in [1.82, 2.24) is 10.2 Å². The summed E-state index contributed by atoms with van der Waals surface area (Å²) in [7, 11) is 1.97. The number of amides is 1. The number of likely N-dealkylation sites (N-methyl/N-ethyl adjacent to an activating group) is 1. The maximum atomic E-state index is 12.1. The van der Waals surface area contributed by atoms with Crippen LogP contribution in [0.5, 0.6) is 0 Å². The minimum Gasteiger partial charge on any atom is -0.340 e. The van der Waals surface area contributed by atoms with Crippen LogP contribution >= 0.6 is 0 Å². The van der Waals surface area contributed by atoms with Crippen LogP contribution < -0.4 is 5.32 Å². The Morgan fingerprint density at radius 2 is 2.15 bits per heavy atom. The Labute approximate surface area is 122 Å². The molecule has 110 valence electrons. The summed E-state index contributed by atoms with van der Waals surface area (Å²) >= 11 is 0. The fourth-order valence-electron chi connectivity index (χ4n) is 3.18. The van der Waals surface area contributed by atoms with Crippen LogP contribution in [0, 0.1) is 12.8 Å². The quantitative estimate of drug-likeness (QED) is 0.865. The number of hydrogen-bond donors (Lipinski definition) is 1. The van der Waals surface area contributed by atoms with Gasteiger partial charge in [0.2, 0.25) is 5.91 Å². The van der Waals surface area contributed by atoms with Gasteiger partial charge in [0.05, 0.1) is 0 Å². The monoisotopic (exact) mass is 274 g/mol. The Kier molecular flexibility index (Phi) is 5.18. The molecule has 0 radical (unpaired) electrons. The topological polar surface area (TPSA) is 32.3 Å². The lowest BCUT2D eigenvalue weighted by atomic mass is 10.0. The highest BCUT2D eigenvalue weighted by molar-refractivity contribution is 5.78. The Bertz CT molecular complexity index is 458. The van der Waals surface area contributed by atoms with E-state index >= 15 is 0 Å². The second-order valence-corrected chi connectivity index (χ2v) is 5.86. The van der Waals surface area contributed by atoms with Crippen LogP contribution in [0.3, 0.4) is 0 Å². The summed E-state index contributed by atoms with van der Waals surface area (Å²) in [5.74, 6) is 0.874. The van der Waals surface area contributed by atoms with Gasteiger partial charge in [0.25, 0.3) is 0 Å². The zero-order valence-corrected chi connectivity index (χ0v) is 12.9. The van der Waals surface area contributed by atoms with Crippen molar-refractivity contribution in [3.8, 4) is 0 Å². The first-order chi connectivity index (χ1) is 9.65. The van der Waals surface area contributed by atoms with Crippen LogP contribution in [0.15, 0.2) is 24.3 Å². The molecule has 0 saturated carbocycles. The van der Waals surface area contributed by atoms with Gasteiger partial charge in [0, 0.05) is 25.6 Å². The van der Waals surface area contributed by atoms with E-state index in [9.17, 15) is 4.79 Å². The van der Waals surface area contributed by atoms with Gasteiger partial charge in [0.1, 0.15) is 0 Å². The minimum absolute atomic E-state index is 0.223. The van der Waals surface area contributed by atoms with Crippen molar-refractivity contribution in [1.29, 1.82) is 0 Å². The molecular weight excluding hydrogens is 248 g/mol. The number of nitrogens with zero attached hydrogens (tertiary/aromatic N) is 1. The van der Waals surface area contributed by atoms with Crippen molar-refractivity contribution >= 4 is 5.91 Å². The van der Waals surface area contributed by atoms with E-state index in [0.717, 1.165) is 25.9 Å². The highest BCUT2D eigenvalue weighted by Crippen LogP contribution is 2.25. The van der Waals surface area contributed by atoms with Crippen LogP contribution in [0.1, 0.15) is 43.4 Å². The van der Waals surface area contributed by atoms with Gasteiger partial charge in [-0.25, -0.2) is 0 Å². The van der Waals surface area contributed by atoms with Gasteiger partial charge in [-0.3, -0.25) is 4.79 Å². The molecule has 0 spiro atoms. The second kappa shape index (κ2) is 6.89. The van der Waals surface area contributed by atoms with Gasteiger partial charge >= 0.3 is 0 Å². The van der Waals surface area contributed by atoms with E-state index in [1.165, 1.54) is 17.5 Å². The maximum absolute atomic E-state index is 12.1. The normalized spacial score (nSPS) is 20.4. The van der Waals surface area contributed by atoms with Gasteiger partial charge < -0.3 is 10.2 Å². The van der Waals surface area contributed by atoms with Crippen molar-refractivity contribution in [3.05, 3.63) is 35.4 Å². The summed E-state index contributed by atoms with van der Waals surface area (Å²) in [5.41, 5.74) is 2.57. The average molecular weight is 274 g/mol. The molecule has 2 atom stereocenters. The lowest BCUT2D eigenvalue weighted by molar-refractivity contribution is -0.128. The predicted octanol–water partition coefficient (Wildman–Crippen LogP) is 2.90. The number of rotatable bonds is 6. The molecule has 2 unspecified atom stereocenters. The fraction of sp³-hybridized carbons (Fsp3) is 0.588. The molecule has 1 aromatic carbocycles. The smallest absolute Gasteiger partial charge is 0.222 e. The third kappa shape index (κ3) is 3.40. The molecule has 1 N–H and O–H groups in total. The molecule has 0 aliphatic carbocycles. The van der Waals surface area contributed by atoms with Crippen LogP contribution in [-0.4, -0.2) is 30.9 Å². The standard InChI is InChI=1S/C17H26N2O/c1-4-7-14-10-17(20)19(11-14)12-16(18-3)15-9-6-5-8-13(15)2/h5-6,8-9,14,16,18H,4,7,10-12H2,1-3H3. The number of likely N-dealkylation sites (tertiary alicyclic amines) is 1. The lowest BCUT2D eigenvalue weighted by Gasteiger charge is -2.25. The van der Waals surface area contributed by atoms with E-state index in [-0.39, 0.29) is 6.04 Å². The first-order valence-electron chi connectivity index (χ1n) is 7.66. The Morgan fingerprint density at radius 1 is 1.40 bits per heavy atom. The molecule has 1 fully saturated rings. The van der Waals surface area contributed by atoms with Crippen molar-refractivity contribution in [3.63, 3.8) is 0 Å². The van der Waals surface area contributed by atoms with Gasteiger partial charge in [-0.2, -0.15) is 0 Å². The molecule has 3 nitrogen and oxygen atoms in total. The third-order valence-corrected chi connectivity index (χ3v) is 4.31. The van der Waals surface area contributed by atoms with E-state index < -0.39 is 0 Å². The Hall–Kier alpha value is -1.35. The number of nitrogens with one attached hydrogen (secondary N) is 1. The molecule has 20 heavy (non-hydrogen) atoms. The molecule has 0 bridgehead atoms. The Morgan fingerprint density at radius 3 is 2.80 bits per heavy atom. The summed E-state index contributed by atoms with van der Waals surface area (Å²) in [6.45, 7) is 6.03. The van der Waals surface area contributed by atoms with Crippen molar-refractivity contribution in [2.24, 2.45) is 5.92 Å². The summed E-state index contributed by atoms with van der Waals surface area (Å²) < 4.78 is 0. The first-order valence-corrected chi connectivity index (χ1v) is 7.66. The molecule has 1 heterocycles. The SMILES string of the molecule is CCCC1CC(=O)N(CC(NC)c2ccccc2C)C1. The number of aryl methyl sites for hydroxylation is 1. The van der Waals surface area contributed by atoms with Crippen molar-refractivity contribution in [2.75, 3.05) is 20.1 Å². The summed E-state index contributed by atoms with van der Waals surface area (Å²) in [6, 6.07) is 8.63. The fourth-order valence-corrected chi connectivity index (χ4v) is 3.18. The van der Waals surface area contributed by atoms with Crippen LogP contribution in [-0.2, 0) is 4.79 Å². The maximum Gasteiger partial charge on any atom is 0.222 e. The van der Waals surface area contributed by atoms with Gasteiger partial charge in [-0.1, -0.05) is 37.6 Å². The highest BCUT2D eigenvalue weighted by atomic mass is 16.2. The van der Waals surface area contributed by atoms with Crippen molar-refractivity contribution in [2.45, 2.75) is 39.2 Å². The highest BCUT2D eigenvalue weighted by Gasteiger charge is 2.30. The molecule has 1 aromatic rings. The second-order valence-electron chi connectivity index (χ2n) is 5.86. The van der Waals surface area contributed by atoms with Crippen molar-refractivity contribution < 1.29 is 4.79 Å². The summed E-state index contributed by atoms with van der Waals surface area (Å²) in [4.78, 5) is 14.2. The molecule has 1 saturated heterocycles. The largest absolute Gasteiger partial charge is 0.340 e. The molecule has 3 heteroatoms. The first kappa shape index (κ1) is 15.0. The van der Waals surface area contributed by atoms with Gasteiger partial charge in [-0.15, -0.1) is 0 Å². The third-order valence-electron chi connectivity index (χ3n) is 4.31. The molecular formula is C17H26N2O. The number of benzene rings is 1. The van der Waals surface area contributed by atoms with Gasteiger partial charge in [-0.05, 0) is 37.4 Å². The number of carbonyl (C=O) groups excluding carboxylic acids is 1. The summed E-state index contributed by atoms with van der Waals surface area (Å²) in [5, 5.41) is 3.36. The van der Waals surface area contributed by atoms with Crippen LogP contribution in [0.4, 0.5) is 0 Å². The molecule has 1 aliphatic rings. The average Bonchev–Trinajstić information content (AvgIpc) is 2.77. The Balaban J connectivity index is 2.04. The minimum atomic E-state index is 0.223. The lowest BCUT2D eigenvalue weighted by Crippen LogP contribution is -2.35. The van der Waals surface area contributed by atoms with Crippen LogP contribution in [0.25, 0.3) is 0 Å². The van der Waals surface area contributed by atoms with Crippen LogP contribution in [0.2, 0.25) is 0 Å². The van der Waals surface area contributed by atoms with E-state index in [0.29, 0.717) is 11.8 Å². The molecule has 0 aromatic heterocycles. The summed E-state index contributed by atoms with van der Waals surface area (Å²) in [6.07, 6.45) is 3.06. The predicted molar refractivity (Wildman–Crippen MR) is 82.6 cm³/mol. The number of hydrogen-bond acceptors (Lipinski definition) is 2. The van der Waals surface area contributed by atoms with E-state index in [1.54, 1.807) is 0 Å². The number of carbonyl (C=O) groups is 1. The van der Waals surface area contributed by atoms with E-state index in [4.69, 9.17) is 0 Å². The zero-order valence-electron chi connectivity index (χ0n) is 12.9.